The smallest absolute Gasteiger partial charge is 0.245 e. The maximum Gasteiger partial charge on any atom is 0.245 e. The van der Waals surface area contributed by atoms with Gasteiger partial charge in [-0.2, -0.15) is 0 Å². The van der Waals surface area contributed by atoms with E-state index in [1.807, 2.05) is 0 Å². The van der Waals surface area contributed by atoms with Crippen LogP contribution in [0.5, 0.6) is 0 Å². The van der Waals surface area contributed by atoms with E-state index in [1.165, 1.54) is 0 Å². The van der Waals surface area contributed by atoms with E-state index in [2.05, 4.69) is 10.2 Å². The fourth-order valence-electron chi connectivity index (χ4n) is 0.794. The third-order valence-corrected chi connectivity index (χ3v) is 1.23. The Labute approximate surface area is 56.7 Å². The number of hydrogen-bond acceptors (Lipinski definition) is 4. The lowest BCUT2D eigenvalue weighted by atomic mass is 10.4. The van der Waals surface area contributed by atoms with Crippen molar-refractivity contribution in [3.63, 3.8) is 0 Å². The zero-order valence-electron chi connectivity index (χ0n) is 5.11. The quantitative estimate of drug-likeness (QED) is 0.580. The molecule has 0 saturated heterocycles. The first-order valence-electron chi connectivity index (χ1n) is 2.83. The number of nitrogens with zero attached hydrogens (tertiary/aromatic N) is 2. The molecule has 0 unspecified atom stereocenters. The Balaban J connectivity index is 2.86. The summed E-state index contributed by atoms with van der Waals surface area (Å²) in [5.41, 5.74) is 5.89. The molecule has 0 aliphatic carbocycles. The average molecular weight is 135 g/mol. The van der Waals surface area contributed by atoms with E-state index in [1.54, 1.807) is 18.4 Å². The van der Waals surface area contributed by atoms with Gasteiger partial charge < -0.3 is 10.2 Å². The van der Waals surface area contributed by atoms with Crippen molar-refractivity contribution in [2.45, 2.75) is 0 Å². The van der Waals surface area contributed by atoms with Gasteiger partial charge >= 0.3 is 0 Å². The van der Waals surface area contributed by atoms with E-state index in [0.29, 0.717) is 11.5 Å². The molecule has 0 atom stereocenters. The Kier molecular flexibility index (Phi) is 0.887. The first-order valence-corrected chi connectivity index (χ1v) is 2.83. The largest absolute Gasteiger partial charge is 0.445 e. The average Bonchev–Trinajstić information content (AvgIpc) is 2.33. The van der Waals surface area contributed by atoms with Gasteiger partial charge in [-0.05, 0) is 12.1 Å². The molecule has 2 aromatic rings. The van der Waals surface area contributed by atoms with Crippen molar-refractivity contribution in [1.82, 2.24) is 10.2 Å². The molecule has 0 bridgehead atoms. The van der Waals surface area contributed by atoms with Gasteiger partial charge in [-0.25, -0.2) is 0 Å². The topological polar surface area (TPSA) is 64.9 Å². The van der Waals surface area contributed by atoms with Crippen LogP contribution in [0.3, 0.4) is 0 Å². The Morgan fingerprint density at radius 2 is 2.30 bits per heavy atom. The number of hydrogen-bond donors (Lipinski definition) is 1. The van der Waals surface area contributed by atoms with Gasteiger partial charge in [-0.1, -0.05) is 0 Å². The second-order valence-corrected chi connectivity index (χ2v) is 1.95. The van der Waals surface area contributed by atoms with Gasteiger partial charge in [-0.15, -0.1) is 10.2 Å². The van der Waals surface area contributed by atoms with E-state index in [9.17, 15) is 0 Å². The highest BCUT2D eigenvalue weighted by Gasteiger charge is 1.97. The van der Waals surface area contributed by atoms with Crippen molar-refractivity contribution in [2.24, 2.45) is 0 Å². The van der Waals surface area contributed by atoms with Crippen molar-refractivity contribution in [3.05, 3.63) is 18.4 Å². The zero-order chi connectivity index (χ0) is 6.97. The molecule has 0 fully saturated rings. The van der Waals surface area contributed by atoms with Crippen molar-refractivity contribution in [3.8, 4) is 0 Å². The van der Waals surface area contributed by atoms with Crippen molar-refractivity contribution >= 4 is 16.9 Å². The molecule has 0 aliphatic heterocycles. The van der Waals surface area contributed by atoms with E-state index < -0.39 is 0 Å². The lowest BCUT2D eigenvalue weighted by Gasteiger charge is -1.86. The van der Waals surface area contributed by atoms with Gasteiger partial charge in [0.1, 0.15) is 5.82 Å². The first-order chi connectivity index (χ1) is 4.86. The highest BCUT2D eigenvalue weighted by Crippen LogP contribution is 2.12. The molecular weight excluding hydrogens is 130 g/mol. The number of aromatic nitrogens is 2. The lowest BCUT2D eigenvalue weighted by Crippen LogP contribution is -1.90. The van der Waals surface area contributed by atoms with E-state index >= 15 is 0 Å². The number of furan rings is 1. The summed E-state index contributed by atoms with van der Waals surface area (Å²) in [5, 5.41) is 8.19. The number of rotatable bonds is 0. The standard InChI is InChI=1S/C6H5N3O/c7-5-3-4-1-2-10-6(4)9-8-5/h1-3H,(H2,7,8). The minimum absolute atomic E-state index is 0.411. The van der Waals surface area contributed by atoms with Gasteiger partial charge in [0.2, 0.25) is 5.71 Å². The fourth-order valence-corrected chi connectivity index (χ4v) is 0.794. The minimum atomic E-state index is 0.411. The Morgan fingerprint density at radius 1 is 1.40 bits per heavy atom. The summed E-state index contributed by atoms with van der Waals surface area (Å²) in [6, 6.07) is 3.51. The maximum absolute atomic E-state index is 5.37. The molecule has 0 spiro atoms. The van der Waals surface area contributed by atoms with Gasteiger partial charge in [0.15, 0.2) is 0 Å². The maximum atomic E-state index is 5.37. The van der Waals surface area contributed by atoms with Crippen molar-refractivity contribution in [1.29, 1.82) is 0 Å². The molecular formula is C6H5N3O. The summed E-state index contributed by atoms with van der Waals surface area (Å²) in [6.07, 6.45) is 1.55. The molecule has 50 valence electrons. The summed E-state index contributed by atoms with van der Waals surface area (Å²) in [5.74, 6) is 0.411. The minimum Gasteiger partial charge on any atom is -0.445 e. The van der Waals surface area contributed by atoms with Gasteiger partial charge in [0, 0.05) is 5.39 Å². The summed E-state index contributed by atoms with van der Waals surface area (Å²) >= 11 is 0. The van der Waals surface area contributed by atoms with E-state index in [0.717, 1.165) is 5.39 Å². The van der Waals surface area contributed by atoms with Crippen LogP contribution >= 0.6 is 0 Å². The van der Waals surface area contributed by atoms with Gasteiger partial charge in [0.25, 0.3) is 0 Å². The van der Waals surface area contributed by atoms with Crippen LogP contribution in [0.25, 0.3) is 11.1 Å². The molecule has 0 saturated carbocycles. The Hall–Kier alpha value is -1.58. The van der Waals surface area contributed by atoms with Crippen LogP contribution in [0.4, 0.5) is 5.82 Å². The molecule has 2 heterocycles. The summed E-state index contributed by atoms with van der Waals surface area (Å²) in [6.45, 7) is 0. The van der Waals surface area contributed by atoms with E-state index in [-0.39, 0.29) is 0 Å². The number of nitrogens with two attached hydrogens (primary N) is 1. The van der Waals surface area contributed by atoms with E-state index in [4.69, 9.17) is 10.2 Å². The molecule has 4 nitrogen and oxygen atoms in total. The predicted molar refractivity (Wildman–Crippen MR) is 36.2 cm³/mol. The predicted octanol–water partition coefficient (Wildman–Crippen LogP) is 0.805. The van der Waals surface area contributed by atoms with Crippen LogP contribution in [-0.2, 0) is 0 Å². The summed E-state index contributed by atoms with van der Waals surface area (Å²) in [4.78, 5) is 0. The fraction of sp³-hybridized carbons (Fsp3) is 0. The van der Waals surface area contributed by atoms with Gasteiger partial charge in [0.05, 0.1) is 6.26 Å². The second kappa shape index (κ2) is 1.70. The Morgan fingerprint density at radius 3 is 3.20 bits per heavy atom. The molecule has 0 amide bonds. The van der Waals surface area contributed by atoms with Gasteiger partial charge in [-0.3, -0.25) is 0 Å². The number of nitrogen functional groups attached to an aromatic ring is 1. The molecule has 2 rings (SSSR count). The number of fused-ring (bicyclic) bond motifs is 1. The first kappa shape index (κ1) is 5.22. The third-order valence-electron chi connectivity index (χ3n) is 1.23. The molecule has 0 aliphatic rings. The molecule has 2 N–H and O–H groups in total. The molecule has 0 radical (unpaired) electrons. The molecule has 0 aromatic carbocycles. The highest BCUT2D eigenvalue weighted by atomic mass is 16.3. The SMILES string of the molecule is Nc1cc2ccoc2nn1. The normalized spacial score (nSPS) is 10.4. The lowest BCUT2D eigenvalue weighted by molar-refractivity contribution is 0.597. The van der Waals surface area contributed by atoms with Crippen LogP contribution in [0.1, 0.15) is 0 Å². The van der Waals surface area contributed by atoms with Crippen molar-refractivity contribution < 1.29 is 4.42 Å². The van der Waals surface area contributed by atoms with Crippen LogP contribution in [-0.4, -0.2) is 10.2 Å². The molecule has 2 aromatic heterocycles. The second-order valence-electron chi connectivity index (χ2n) is 1.95. The Bertz CT molecular complexity index is 355. The summed E-state index contributed by atoms with van der Waals surface area (Å²) in [7, 11) is 0. The van der Waals surface area contributed by atoms with Crippen molar-refractivity contribution in [2.75, 3.05) is 5.73 Å². The highest BCUT2D eigenvalue weighted by molar-refractivity contribution is 5.74. The zero-order valence-corrected chi connectivity index (χ0v) is 5.11. The monoisotopic (exact) mass is 135 g/mol. The van der Waals surface area contributed by atoms with Crippen LogP contribution in [0.15, 0.2) is 22.8 Å². The molecule has 10 heavy (non-hydrogen) atoms. The summed E-state index contributed by atoms with van der Waals surface area (Å²) < 4.78 is 4.94. The van der Waals surface area contributed by atoms with Crippen LogP contribution in [0, 0.1) is 0 Å². The molecule has 4 heteroatoms. The number of anilines is 1. The van der Waals surface area contributed by atoms with Crippen LogP contribution < -0.4 is 5.73 Å². The third kappa shape index (κ3) is 0.621. The van der Waals surface area contributed by atoms with Crippen LogP contribution in [0.2, 0.25) is 0 Å².